The predicted octanol–water partition coefficient (Wildman–Crippen LogP) is 32.3. The van der Waals surface area contributed by atoms with Crippen LogP contribution in [0.25, 0.3) is 70.1 Å². The number of nitrogens with two attached hydrogens (primary N) is 1. The van der Waals surface area contributed by atoms with Gasteiger partial charge in [-0.3, -0.25) is 9.59 Å². The first-order chi connectivity index (χ1) is 53.9. The number of aromatic nitrogens is 2. The molecule has 2 aliphatic rings. The molecular weight excluding hydrogens is 1510 g/mol. The molecule has 10 heterocycles. The molecule has 0 aromatic carbocycles. The van der Waals surface area contributed by atoms with Gasteiger partial charge in [-0.25, -0.2) is 9.97 Å². The largest absolute Gasteiger partial charge is 0.320 e. The Hall–Kier alpha value is -4.16. The number of hydrogen-bond donors (Lipinski definition) is 1. The number of unbranched alkanes of at least 4 members (excludes halogenated alkanes) is 25. The zero-order chi connectivity index (χ0) is 78.9. The molecule has 15 heteroatoms. The van der Waals surface area contributed by atoms with Gasteiger partial charge < -0.3 is 15.5 Å². The number of thiophene rings is 6. The Morgan fingerprint density at radius 2 is 0.685 bits per heavy atom. The third-order valence-electron chi connectivity index (χ3n) is 22.9. The summed E-state index contributed by atoms with van der Waals surface area (Å²) >= 11 is 15.0. The highest BCUT2D eigenvalue weighted by Gasteiger charge is 2.50. The minimum absolute atomic E-state index is 0.0279. The van der Waals surface area contributed by atoms with Crippen LogP contribution in [0.5, 0.6) is 0 Å². The van der Waals surface area contributed by atoms with E-state index >= 15 is 9.59 Å². The average Bonchev–Trinajstić information content (AvgIpc) is 1.55. The van der Waals surface area contributed by atoms with Crippen molar-refractivity contribution in [2.75, 3.05) is 13.1 Å². The molecule has 608 valence electrons. The van der Waals surface area contributed by atoms with E-state index in [-0.39, 0.29) is 17.2 Å². The van der Waals surface area contributed by atoms with Crippen LogP contribution >= 0.6 is 90.7 Å². The fourth-order valence-electron chi connectivity index (χ4n) is 16.6. The zero-order valence-corrected chi connectivity index (χ0v) is 77.3. The Balaban J connectivity index is 1.08. The predicted molar refractivity (Wildman–Crippen MR) is 495 cm³/mol. The molecular formula is C96H139N5O2S8. The molecule has 0 fully saturated rings. The van der Waals surface area contributed by atoms with Crippen LogP contribution < -0.4 is 5.73 Å². The second kappa shape index (κ2) is 45.0. The van der Waals surface area contributed by atoms with Crippen LogP contribution in [-0.2, 0) is 46.2 Å². The van der Waals surface area contributed by atoms with E-state index in [2.05, 4.69) is 141 Å². The third kappa shape index (κ3) is 24.3. The standard InChI is InChI=1S/C96H139N5O2S8/c1-14-22-29-36-38-42-50-67(48-40-31-24-16-3)65-100-85(83-84(93(100)103)86(101(92(83)102)66-68(49-41-32-25-17-4)51-43-39-37-30-23-15-2)76-58-56-74(105-76)78-62-72(54-46-35-28-20-7)90(109-78)95(9,10)11)75-57-55-73(104-75)77-61-71(53-45-34-27-19-6)89(108-77)91-98-63-81(110-91)79-60-70(52-44-33-26-18-5)88(106-79)87-69(47-21-8)59-80(107-87)82-64-99-94(111-82)96(12,13)97/h55-64,67-68H,14-54,65-66,97H2,1-13H3. The van der Waals surface area contributed by atoms with E-state index < -0.39 is 5.54 Å². The maximum absolute atomic E-state index is 16.7. The van der Waals surface area contributed by atoms with Gasteiger partial charge in [0, 0.05) is 69.4 Å². The van der Waals surface area contributed by atoms with E-state index in [4.69, 9.17) is 15.7 Å². The van der Waals surface area contributed by atoms with Gasteiger partial charge in [0.1, 0.15) is 10.0 Å². The van der Waals surface area contributed by atoms with Gasteiger partial charge in [-0.1, -0.05) is 269 Å². The van der Waals surface area contributed by atoms with Gasteiger partial charge in [-0.15, -0.1) is 90.7 Å². The third-order valence-corrected chi connectivity index (χ3v) is 33.6. The lowest BCUT2D eigenvalue weighted by Crippen LogP contribution is -2.34. The monoisotopic (exact) mass is 1650 g/mol. The highest BCUT2D eigenvalue weighted by atomic mass is 32.1. The Morgan fingerprint density at radius 1 is 0.342 bits per heavy atom. The van der Waals surface area contributed by atoms with Gasteiger partial charge in [-0.05, 0) is 173 Å². The number of fused-ring (bicyclic) bond motifs is 1. The van der Waals surface area contributed by atoms with Crippen LogP contribution in [0.2, 0.25) is 0 Å². The minimum Gasteiger partial charge on any atom is -0.320 e. The number of nitrogens with zero attached hydrogens (tertiary/aromatic N) is 4. The molecule has 0 radical (unpaired) electrons. The van der Waals surface area contributed by atoms with Crippen molar-refractivity contribution in [3.63, 3.8) is 0 Å². The highest BCUT2D eigenvalue weighted by molar-refractivity contribution is 7.30. The van der Waals surface area contributed by atoms with Crippen molar-refractivity contribution in [3.05, 3.63) is 114 Å². The lowest BCUT2D eigenvalue weighted by atomic mass is 9.90. The molecule has 2 unspecified atom stereocenters. The van der Waals surface area contributed by atoms with Crippen molar-refractivity contribution in [1.29, 1.82) is 0 Å². The van der Waals surface area contributed by atoms with Gasteiger partial charge in [-0.2, -0.15) is 0 Å². The first-order valence-corrected chi connectivity index (χ1v) is 51.0. The summed E-state index contributed by atoms with van der Waals surface area (Å²) in [5, 5.41) is 2.06. The SMILES string of the molecule is CCCCCCCCC(CCCCCC)CN1C(=O)C2=C(c3ccc(-c4cc(CCCCCC)c(C(C)(C)C)s4)s3)N(CC(CCCCCC)CCCCCCCC)C(=O)C2=C1c1ccc(-c2cc(CCCCCC)c(-c3ncc(-c4cc(CCCCCC)c(-c5sc(-c6cnc(C(C)(C)N)s6)cc5CCC)s4)s3)s2)s1. The van der Waals surface area contributed by atoms with Gasteiger partial charge in [0.15, 0.2) is 0 Å². The Bertz CT molecular complexity index is 4210. The van der Waals surface area contributed by atoms with Crippen LogP contribution in [0.4, 0.5) is 0 Å². The van der Waals surface area contributed by atoms with Crippen molar-refractivity contribution >= 4 is 114 Å². The lowest BCUT2D eigenvalue weighted by Gasteiger charge is -2.29. The summed E-state index contributed by atoms with van der Waals surface area (Å²) in [6.45, 7) is 31.0. The number of thiazole rings is 2. The van der Waals surface area contributed by atoms with Crippen LogP contribution in [0, 0.1) is 11.8 Å². The molecule has 10 rings (SSSR count). The Kier molecular flexibility index (Phi) is 36.1. The van der Waals surface area contributed by atoms with E-state index in [0.29, 0.717) is 36.1 Å². The number of aryl methyl sites for hydroxylation is 4. The average molecular weight is 1650 g/mol. The zero-order valence-electron chi connectivity index (χ0n) is 70.8. The van der Waals surface area contributed by atoms with Crippen LogP contribution in [-0.4, -0.2) is 44.7 Å². The van der Waals surface area contributed by atoms with E-state index in [9.17, 15) is 0 Å². The minimum atomic E-state index is -0.483. The molecule has 111 heavy (non-hydrogen) atoms. The normalized spacial score (nSPS) is 14.2. The molecule has 0 saturated carbocycles. The van der Waals surface area contributed by atoms with E-state index in [1.165, 1.54) is 280 Å². The summed E-state index contributed by atoms with van der Waals surface area (Å²) in [5.41, 5.74) is 14.9. The summed E-state index contributed by atoms with van der Waals surface area (Å²) in [4.78, 5) is 65.6. The summed E-state index contributed by atoms with van der Waals surface area (Å²) in [6, 6.07) is 19.2. The molecule has 2 N–H and O–H groups in total. The van der Waals surface area contributed by atoms with Crippen molar-refractivity contribution in [3.8, 4) is 58.7 Å². The number of hydrogen-bond acceptors (Lipinski definition) is 13. The topological polar surface area (TPSA) is 92.4 Å². The van der Waals surface area contributed by atoms with Gasteiger partial charge in [0.25, 0.3) is 11.8 Å². The van der Waals surface area contributed by atoms with E-state index in [1.54, 1.807) is 22.7 Å². The molecule has 2 atom stereocenters. The van der Waals surface area contributed by atoms with Crippen LogP contribution in [0.3, 0.4) is 0 Å². The fraction of sp³-hybridized carbons (Fsp3) is 0.625. The lowest BCUT2D eigenvalue weighted by molar-refractivity contribution is -0.124. The molecule has 0 saturated heterocycles. The molecule has 8 aromatic heterocycles. The number of carbonyl (C=O) groups excluding carboxylic acids is 2. The summed E-state index contributed by atoms with van der Waals surface area (Å²) < 4.78 is 0. The van der Waals surface area contributed by atoms with Gasteiger partial charge >= 0.3 is 0 Å². The van der Waals surface area contributed by atoms with Gasteiger partial charge in [0.2, 0.25) is 0 Å². The Labute approximate surface area is 704 Å². The molecule has 7 nitrogen and oxygen atoms in total. The number of amides is 2. The van der Waals surface area contributed by atoms with E-state index in [1.807, 2.05) is 88.1 Å². The quantitative estimate of drug-likeness (QED) is 0.0384. The first kappa shape index (κ1) is 89.2. The summed E-state index contributed by atoms with van der Waals surface area (Å²) in [7, 11) is 0. The van der Waals surface area contributed by atoms with Crippen molar-refractivity contribution in [2.45, 2.75) is 364 Å². The first-order valence-electron chi connectivity index (χ1n) is 44.4. The van der Waals surface area contributed by atoms with Crippen LogP contribution in [0.1, 0.15) is 369 Å². The number of rotatable bonds is 54. The smallest absolute Gasteiger partial charge is 0.261 e. The van der Waals surface area contributed by atoms with Crippen molar-refractivity contribution in [1.82, 2.24) is 19.8 Å². The highest BCUT2D eigenvalue weighted by Crippen LogP contribution is 2.55. The maximum atomic E-state index is 16.7. The molecule has 0 spiro atoms. The fourth-order valence-corrected chi connectivity index (χ4v) is 26.1. The second-order valence-corrected chi connectivity index (χ2v) is 42.7. The van der Waals surface area contributed by atoms with Crippen molar-refractivity contribution in [2.24, 2.45) is 17.6 Å². The summed E-state index contributed by atoms with van der Waals surface area (Å²) in [5.74, 6) is 0.736. The second-order valence-electron chi connectivity index (χ2n) is 34.2. The molecule has 2 aliphatic heterocycles. The summed E-state index contributed by atoms with van der Waals surface area (Å²) in [6.07, 6.45) is 53.2. The molecule has 2 amide bonds. The molecule has 8 aromatic rings. The number of carbonyl (C=O) groups is 2. The molecule has 0 aliphatic carbocycles. The molecule has 0 bridgehead atoms. The van der Waals surface area contributed by atoms with E-state index in [0.717, 1.165) is 95.4 Å². The van der Waals surface area contributed by atoms with Crippen molar-refractivity contribution < 1.29 is 9.59 Å². The maximum Gasteiger partial charge on any atom is 0.261 e. The van der Waals surface area contributed by atoms with Gasteiger partial charge in [0.05, 0.1) is 52.5 Å². The van der Waals surface area contributed by atoms with Crippen LogP contribution in [0.15, 0.2) is 72.1 Å². The Morgan fingerprint density at radius 3 is 1.11 bits per heavy atom.